The number of hydrogen-bond donors (Lipinski definition) is 1. The molecule has 2 heterocycles. The third-order valence-corrected chi connectivity index (χ3v) is 7.51. The third-order valence-electron chi connectivity index (χ3n) is 7.51. The summed E-state index contributed by atoms with van der Waals surface area (Å²) < 4.78 is 25.5. The van der Waals surface area contributed by atoms with E-state index in [4.69, 9.17) is 9.47 Å². The molecule has 1 N–H and O–H groups in total. The fraction of sp³-hybridized carbons (Fsp3) is 0.692. The van der Waals surface area contributed by atoms with Gasteiger partial charge in [0, 0.05) is 32.2 Å². The van der Waals surface area contributed by atoms with E-state index in [1.54, 1.807) is 6.07 Å². The van der Waals surface area contributed by atoms with Crippen LogP contribution in [0.3, 0.4) is 0 Å². The van der Waals surface area contributed by atoms with Crippen molar-refractivity contribution in [3.05, 3.63) is 29.6 Å². The zero-order valence-corrected chi connectivity index (χ0v) is 20.3. The Hall–Kier alpha value is -2.35. The molecule has 0 radical (unpaired) electrons. The fourth-order valence-electron chi connectivity index (χ4n) is 5.63. The lowest BCUT2D eigenvalue weighted by Crippen LogP contribution is -2.49. The number of halogens is 1. The van der Waals surface area contributed by atoms with E-state index in [1.807, 2.05) is 18.7 Å². The Balaban J connectivity index is 1.14. The second kappa shape index (κ2) is 10.5. The first-order valence-electron chi connectivity index (χ1n) is 12.6. The average Bonchev–Trinajstić information content (AvgIpc) is 3.21. The van der Waals surface area contributed by atoms with E-state index in [2.05, 4.69) is 0 Å². The van der Waals surface area contributed by atoms with E-state index < -0.39 is 11.9 Å². The number of nitrogens with zero attached hydrogens (tertiary/aromatic N) is 2. The van der Waals surface area contributed by atoms with E-state index in [9.17, 15) is 19.1 Å². The molecule has 7 nitrogen and oxygen atoms in total. The number of hydrogen-bond acceptors (Lipinski definition) is 5. The van der Waals surface area contributed by atoms with Crippen LogP contribution in [0.2, 0.25) is 0 Å². The Bertz CT molecular complexity index is 876. The molecule has 0 aromatic heterocycles. The lowest BCUT2D eigenvalue weighted by Gasteiger charge is -2.52. The Kier molecular flexibility index (Phi) is 7.65. The molecule has 1 aromatic carbocycles. The smallest absolute Gasteiger partial charge is 0.410 e. The van der Waals surface area contributed by atoms with Crippen molar-refractivity contribution in [2.75, 3.05) is 32.8 Å². The number of carbonyl (C=O) groups excluding carboxylic acids is 2. The predicted molar refractivity (Wildman–Crippen MR) is 125 cm³/mol. The highest BCUT2D eigenvalue weighted by Gasteiger charge is 2.46. The van der Waals surface area contributed by atoms with Crippen molar-refractivity contribution >= 4 is 12.0 Å². The summed E-state index contributed by atoms with van der Waals surface area (Å²) in [6.45, 7) is 6.53. The van der Waals surface area contributed by atoms with Gasteiger partial charge in [0.25, 0.3) is 5.91 Å². The van der Waals surface area contributed by atoms with Gasteiger partial charge in [-0.1, -0.05) is 0 Å². The number of aliphatic hydroxyl groups excluding tert-OH is 1. The molecule has 0 bridgehead atoms. The molecule has 1 atom stereocenters. The van der Waals surface area contributed by atoms with Crippen molar-refractivity contribution in [2.45, 2.75) is 71.0 Å². The predicted octanol–water partition coefficient (Wildman–Crippen LogP) is 4.23. The molecule has 4 rings (SSSR count). The Morgan fingerprint density at radius 1 is 1.18 bits per heavy atom. The van der Waals surface area contributed by atoms with Crippen LogP contribution in [0.25, 0.3) is 0 Å². The molecule has 3 fully saturated rings. The highest BCUT2D eigenvalue weighted by Crippen LogP contribution is 2.54. The van der Waals surface area contributed by atoms with Crippen LogP contribution in [-0.2, 0) is 4.74 Å². The zero-order chi connectivity index (χ0) is 24.3. The highest BCUT2D eigenvalue weighted by molar-refractivity contribution is 5.94. The van der Waals surface area contributed by atoms with Gasteiger partial charge in [0.05, 0.1) is 24.4 Å². The Morgan fingerprint density at radius 3 is 2.53 bits per heavy atom. The number of rotatable bonds is 7. The minimum Gasteiger partial charge on any atom is -0.493 e. The molecule has 188 valence electrons. The molecular formula is C26H37FN2O5. The van der Waals surface area contributed by atoms with Gasteiger partial charge in [-0.3, -0.25) is 4.79 Å². The van der Waals surface area contributed by atoms with E-state index in [0.717, 1.165) is 38.8 Å². The van der Waals surface area contributed by atoms with Crippen molar-refractivity contribution in [1.29, 1.82) is 0 Å². The molecule has 2 aliphatic heterocycles. The maximum Gasteiger partial charge on any atom is 0.410 e. The van der Waals surface area contributed by atoms with E-state index >= 15 is 0 Å². The largest absolute Gasteiger partial charge is 0.493 e. The highest BCUT2D eigenvalue weighted by atomic mass is 19.1. The van der Waals surface area contributed by atoms with Crippen molar-refractivity contribution in [1.82, 2.24) is 9.80 Å². The van der Waals surface area contributed by atoms with Crippen LogP contribution < -0.4 is 4.74 Å². The number of ether oxygens (including phenoxy) is 2. The van der Waals surface area contributed by atoms with Crippen LogP contribution in [0.1, 0.15) is 69.2 Å². The lowest BCUT2D eigenvalue weighted by molar-refractivity contribution is -0.0203. The summed E-state index contributed by atoms with van der Waals surface area (Å²) in [4.78, 5) is 27.8. The fourth-order valence-corrected chi connectivity index (χ4v) is 5.63. The van der Waals surface area contributed by atoms with Crippen molar-refractivity contribution < 1.29 is 28.6 Å². The van der Waals surface area contributed by atoms with Gasteiger partial charge >= 0.3 is 6.09 Å². The average molecular weight is 477 g/mol. The molecule has 2 amide bonds. The van der Waals surface area contributed by atoms with Gasteiger partial charge in [-0.15, -0.1) is 0 Å². The van der Waals surface area contributed by atoms with Gasteiger partial charge in [0.2, 0.25) is 0 Å². The second-order valence-corrected chi connectivity index (χ2v) is 10.5. The van der Waals surface area contributed by atoms with E-state index in [1.165, 1.54) is 29.9 Å². The number of aliphatic hydroxyl groups is 1. The number of benzene rings is 1. The first-order valence-corrected chi connectivity index (χ1v) is 12.6. The van der Waals surface area contributed by atoms with Gasteiger partial charge in [0.1, 0.15) is 11.6 Å². The Morgan fingerprint density at radius 2 is 1.91 bits per heavy atom. The SMILES string of the molecule is CC(C)OC(=O)N1CCC2(CC1)CC(CCCOc1ccc(C(=O)N3CC[C@@H](O)C3)c(F)c1)C2. The summed E-state index contributed by atoms with van der Waals surface area (Å²) in [5.74, 6) is 0.141. The Labute approximate surface area is 201 Å². The minimum absolute atomic E-state index is 0.0183. The van der Waals surface area contributed by atoms with Crippen molar-refractivity contribution in [3.63, 3.8) is 0 Å². The standard InChI is InChI=1S/C26H37FN2O5/c1-18(2)34-25(32)28-11-8-26(9-12-28)15-19(16-26)4-3-13-33-21-5-6-22(23(27)14-21)24(31)29-10-7-20(30)17-29/h5-6,14,18-20,30H,3-4,7-13,15-17H2,1-2H3/t20-/m1/s1. The molecule has 1 aliphatic carbocycles. The van der Waals surface area contributed by atoms with Gasteiger partial charge < -0.3 is 24.4 Å². The lowest BCUT2D eigenvalue weighted by atomic mass is 9.56. The molecule has 0 unspecified atom stereocenters. The third kappa shape index (κ3) is 5.82. The van der Waals surface area contributed by atoms with Crippen LogP contribution in [0, 0.1) is 17.2 Å². The van der Waals surface area contributed by atoms with Crippen LogP contribution in [0.15, 0.2) is 18.2 Å². The van der Waals surface area contributed by atoms with Crippen LogP contribution >= 0.6 is 0 Å². The van der Waals surface area contributed by atoms with Gasteiger partial charge in [-0.2, -0.15) is 0 Å². The summed E-state index contributed by atoms with van der Waals surface area (Å²) in [6, 6.07) is 4.38. The van der Waals surface area contributed by atoms with Gasteiger partial charge in [-0.25, -0.2) is 9.18 Å². The first-order chi connectivity index (χ1) is 16.2. The maximum atomic E-state index is 14.5. The molecule has 3 aliphatic rings. The zero-order valence-electron chi connectivity index (χ0n) is 20.3. The quantitative estimate of drug-likeness (QED) is 0.596. The van der Waals surface area contributed by atoms with E-state index in [0.29, 0.717) is 36.7 Å². The topological polar surface area (TPSA) is 79.3 Å². The number of β-amino-alcohol motifs (C(OH)–C–C–N with tert-alkyl or cyclic N) is 1. The molecule has 1 saturated carbocycles. The summed E-state index contributed by atoms with van der Waals surface area (Å²) in [5.41, 5.74) is 0.404. The molecule has 1 spiro atoms. The van der Waals surface area contributed by atoms with E-state index in [-0.39, 0.29) is 30.2 Å². The van der Waals surface area contributed by atoms with Crippen LogP contribution in [0.5, 0.6) is 5.75 Å². The van der Waals surface area contributed by atoms with Gasteiger partial charge in [-0.05, 0) is 82.3 Å². The van der Waals surface area contributed by atoms with Crippen LogP contribution in [-0.4, -0.2) is 71.9 Å². The minimum atomic E-state index is -0.589. The number of amides is 2. The maximum absolute atomic E-state index is 14.5. The monoisotopic (exact) mass is 476 g/mol. The summed E-state index contributed by atoms with van der Waals surface area (Å²) >= 11 is 0. The van der Waals surface area contributed by atoms with Crippen LogP contribution in [0.4, 0.5) is 9.18 Å². The molecule has 34 heavy (non-hydrogen) atoms. The molecular weight excluding hydrogens is 439 g/mol. The number of piperidine rings is 1. The molecule has 1 aromatic rings. The second-order valence-electron chi connectivity index (χ2n) is 10.5. The summed E-state index contributed by atoms with van der Waals surface area (Å²) in [6.07, 6.45) is 6.22. The summed E-state index contributed by atoms with van der Waals surface area (Å²) in [5, 5.41) is 9.59. The van der Waals surface area contributed by atoms with Crippen molar-refractivity contribution in [3.8, 4) is 5.75 Å². The first kappa shape index (κ1) is 24.8. The number of carbonyl (C=O) groups is 2. The normalized spacial score (nSPS) is 22.2. The molecule has 2 saturated heterocycles. The molecule has 8 heteroatoms. The number of likely N-dealkylation sites (tertiary alicyclic amines) is 2. The summed E-state index contributed by atoms with van der Waals surface area (Å²) in [7, 11) is 0. The van der Waals surface area contributed by atoms with Gasteiger partial charge in [0.15, 0.2) is 0 Å². The van der Waals surface area contributed by atoms with Crippen molar-refractivity contribution in [2.24, 2.45) is 11.3 Å².